The normalized spacial score (nSPS) is 29.8. The summed E-state index contributed by atoms with van der Waals surface area (Å²) in [6.07, 6.45) is 0.839. The fourth-order valence-electron chi connectivity index (χ4n) is 3.71. The Balaban J connectivity index is 1.98. The Morgan fingerprint density at radius 1 is 1.38 bits per heavy atom. The second-order valence-corrected chi connectivity index (χ2v) is 8.33. The topological polar surface area (TPSA) is 49.4 Å². The quantitative estimate of drug-likeness (QED) is 0.926. The van der Waals surface area contributed by atoms with Gasteiger partial charge in [0.2, 0.25) is 10.0 Å². The minimum atomic E-state index is -3.52. The lowest BCUT2D eigenvalue weighted by Crippen LogP contribution is -2.39. The standard InChI is InChI=1S/C15H21ClN2O2S/c1-3-14-12-8-17-7-11(12)9-18(14)21(19,20)15-5-4-10(2)6-13(15)16/h4-6,11-12,14,17H,3,7-9H2,1-2H3. The summed E-state index contributed by atoms with van der Waals surface area (Å²) < 4.78 is 27.7. The molecule has 4 nitrogen and oxygen atoms in total. The molecule has 3 atom stereocenters. The van der Waals surface area contributed by atoms with Crippen molar-refractivity contribution in [3.63, 3.8) is 0 Å². The van der Waals surface area contributed by atoms with Gasteiger partial charge in [0.1, 0.15) is 4.90 Å². The third-order valence-corrected chi connectivity index (χ3v) is 7.14. The van der Waals surface area contributed by atoms with Gasteiger partial charge in [-0.3, -0.25) is 0 Å². The maximum atomic E-state index is 13.0. The van der Waals surface area contributed by atoms with Gasteiger partial charge in [-0.15, -0.1) is 0 Å². The van der Waals surface area contributed by atoms with Crippen LogP contribution in [0, 0.1) is 18.8 Å². The predicted molar refractivity (Wildman–Crippen MR) is 84.0 cm³/mol. The molecule has 0 aromatic heterocycles. The molecular weight excluding hydrogens is 308 g/mol. The summed E-state index contributed by atoms with van der Waals surface area (Å²) in [4.78, 5) is 0.237. The first-order chi connectivity index (χ1) is 9.95. The van der Waals surface area contributed by atoms with Crippen LogP contribution < -0.4 is 5.32 Å². The van der Waals surface area contributed by atoms with Gasteiger partial charge in [-0.25, -0.2) is 8.42 Å². The molecule has 21 heavy (non-hydrogen) atoms. The summed E-state index contributed by atoms with van der Waals surface area (Å²) in [5.74, 6) is 0.850. The number of benzene rings is 1. The summed E-state index contributed by atoms with van der Waals surface area (Å²) in [5.41, 5.74) is 0.966. The van der Waals surface area contributed by atoms with Gasteiger partial charge in [0.15, 0.2) is 0 Å². The Hall–Kier alpha value is -0.620. The van der Waals surface area contributed by atoms with Crippen molar-refractivity contribution in [3.8, 4) is 0 Å². The van der Waals surface area contributed by atoms with Gasteiger partial charge in [-0.1, -0.05) is 24.6 Å². The number of fused-ring (bicyclic) bond motifs is 1. The molecule has 2 aliphatic heterocycles. The maximum absolute atomic E-state index is 13.0. The van der Waals surface area contributed by atoms with Crippen LogP contribution in [0.5, 0.6) is 0 Å². The molecule has 0 saturated carbocycles. The molecule has 2 heterocycles. The first-order valence-electron chi connectivity index (χ1n) is 7.44. The van der Waals surface area contributed by atoms with E-state index in [1.54, 1.807) is 22.5 Å². The van der Waals surface area contributed by atoms with Gasteiger partial charge in [-0.2, -0.15) is 4.31 Å². The van der Waals surface area contributed by atoms with Crippen LogP contribution in [0.25, 0.3) is 0 Å². The van der Waals surface area contributed by atoms with E-state index in [0.717, 1.165) is 25.1 Å². The van der Waals surface area contributed by atoms with Crippen molar-refractivity contribution < 1.29 is 8.42 Å². The van der Waals surface area contributed by atoms with Gasteiger partial charge < -0.3 is 5.32 Å². The Morgan fingerprint density at radius 2 is 2.14 bits per heavy atom. The molecule has 1 aromatic rings. The van der Waals surface area contributed by atoms with Crippen LogP contribution in [0.4, 0.5) is 0 Å². The monoisotopic (exact) mass is 328 g/mol. The van der Waals surface area contributed by atoms with Crippen LogP contribution in [-0.4, -0.2) is 38.4 Å². The Morgan fingerprint density at radius 3 is 2.81 bits per heavy atom. The average Bonchev–Trinajstić information content (AvgIpc) is 2.97. The molecule has 0 spiro atoms. The third kappa shape index (κ3) is 2.50. The summed E-state index contributed by atoms with van der Waals surface area (Å²) in [6.45, 7) is 6.39. The van der Waals surface area contributed by atoms with Crippen molar-refractivity contribution in [2.24, 2.45) is 11.8 Å². The van der Waals surface area contributed by atoms with Crippen LogP contribution in [-0.2, 0) is 10.0 Å². The molecule has 6 heteroatoms. The van der Waals surface area contributed by atoms with Crippen LogP contribution >= 0.6 is 11.6 Å². The fourth-order valence-corrected chi connectivity index (χ4v) is 6.08. The average molecular weight is 329 g/mol. The summed E-state index contributed by atoms with van der Waals surface area (Å²) in [6, 6.07) is 5.23. The summed E-state index contributed by atoms with van der Waals surface area (Å²) in [7, 11) is -3.52. The highest BCUT2D eigenvalue weighted by Gasteiger charge is 2.48. The van der Waals surface area contributed by atoms with E-state index in [1.807, 2.05) is 6.92 Å². The second kappa shape index (κ2) is 5.54. The van der Waals surface area contributed by atoms with Crippen LogP contribution in [0.2, 0.25) is 5.02 Å². The van der Waals surface area contributed by atoms with Crippen molar-refractivity contribution >= 4 is 21.6 Å². The molecule has 0 bridgehead atoms. The largest absolute Gasteiger partial charge is 0.316 e. The van der Waals surface area contributed by atoms with Crippen molar-refractivity contribution in [1.82, 2.24) is 9.62 Å². The molecule has 0 aliphatic carbocycles. The highest BCUT2D eigenvalue weighted by molar-refractivity contribution is 7.89. The zero-order valence-corrected chi connectivity index (χ0v) is 13.9. The minimum absolute atomic E-state index is 0.0763. The Labute approximate surface area is 131 Å². The number of aryl methyl sites for hydroxylation is 1. The molecule has 0 amide bonds. The highest BCUT2D eigenvalue weighted by atomic mass is 35.5. The van der Waals surface area contributed by atoms with Crippen molar-refractivity contribution in [2.75, 3.05) is 19.6 Å². The molecule has 1 N–H and O–H groups in total. The highest BCUT2D eigenvalue weighted by Crippen LogP contribution is 2.39. The van der Waals surface area contributed by atoms with Crippen molar-refractivity contribution in [3.05, 3.63) is 28.8 Å². The molecule has 2 aliphatic rings. The molecule has 3 rings (SSSR count). The van der Waals surface area contributed by atoms with Crippen molar-refractivity contribution in [1.29, 1.82) is 0 Å². The van der Waals surface area contributed by atoms with E-state index in [2.05, 4.69) is 12.2 Å². The van der Waals surface area contributed by atoms with E-state index in [4.69, 9.17) is 11.6 Å². The van der Waals surface area contributed by atoms with Crippen LogP contribution in [0.15, 0.2) is 23.1 Å². The number of hydrogen-bond donors (Lipinski definition) is 1. The molecular formula is C15H21ClN2O2S. The van der Waals surface area contributed by atoms with E-state index in [1.165, 1.54) is 0 Å². The lowest BCUT2D eigenvalue weighted by molar-refractivity contribution is 0.329. The van der Waals surface area contributed by atoms with Gasteiger partial charge in [-0.05, 0) is 56.0 Å². The van der Waals surface area contributed by atoms with Crippen LogP contribution in [0.3, 0.4) is 0 Å². The van der Waals surface area contributed by atoms with Gasteiger partial charge in [0.25, 0.3) is 0 Å². The number of sulfonamides is 1. The van der Waals surface area contributed by atoms with Gasteiger partial charge >= 0.3 is 0 Å². The zero-order valence-electron chi connectivity index (χ0n) is 12.3. The number of halogens is 1. The molecule has 0 radical (unpaired) electrons. The second-order valence-electron chi connectivity index (χ2n) is 6.07. The smallest absolute Gasteiger partial charge is 0.244 e. The first kappa shape index (κ1) is 15.3. The number of nitrogens with one attached hydrogen (secondary N) is 1. The molecule has 116 valence electrons. The zero-order chi connectivity index (χ0) is 15.2. The van der Waals surface area contributed by atoms with Gasteiger partial charge in [0.05, 0.1) is 5.02 Å². The fraction of sp³-hybridized carbons (Fsp3) is 0.600. The first-order valence-corrected chi connectivity index (χ1v) is 9.25. The number of hydrogen-bond acceptors (Lipinski definition) is 3. The summed E-state index contributed by atoms with van der Waals surface area (Å²) in [5, 5.41) is 3.69. The lowest BCUT2D eigenvalue weighted by atomic mass is 9.93. The van der Waals surface area contributed by atoms with E-state index >= 15 is 0 Å². The SMILES string of the molecule is CCC1C2CNCC2CN1S(=O)(=O)c1ccc(C)cc1Cl. The molecule has 1 aromatic carbocycles. The predicted octanol–water partition coefficient (Wildman–Crippen LogP) is 2.27. The Kier molecular flexibility index (Phi) is 4.03. The molecule has 2 saturated heterocycles. The van der Waals surface area contributed by atoms with E-state index in [9.17, 15) is 8.42 Å². The van der Waals surface area contributed by atoms with Crippen molar-refractivity contribution in [2.45, 2.75) is 31.2 Å². The summed E-state index contributed by atoms with van der Waals surface area (Å²) >= 11 is 6.19. The lowest BCUT2D eigenvalue weighted by Gasteiger charge is -2.26. The van der Waals surface area contributed by atoms with E-state index < -0.39 is 10.0 Å². The third-order valence-electron chi connectivity index (χ3n) is 4.76. The molecule has 3 unspecified atom stereocenters. The Bertz CT molecular complexity index is 647. The number of rotatable bonds is 3. The maximum Gasteiger partial charge on any atom is 0.244 e. The van der Waals surface area contributed by atoms with E-state index in [0.29, 0.717) is 23.4 Å². The van der Waals surface area contributed by atoms with E-state index in [-0.39, 0.29) is 10.9 Å². The van der Waals surface area contributed by atoms with Gasteiger partial charge in [0, 0.05) is 12.6 Å². The number of nitrogens with zero attached hydrogens (tertiary/aromatic N) is 1. The minimum Gasteiger partial charge on any atom is -0.316 e. The van der Waals surface area contributed by atoms with Crippen LogP contribution in [0.1, 0.15) is 18.9 Å². The molecule has 2 fully saturated rings.